The summed E-state index contributed by atoms with van der Waals surface area (Å²) in [6.45, 7) is 2.74. The van der Waals surface area contributed by atoms with E-state index >= 15 is 0 Å². The van der Waals surface area contributed by atoms with Gasteiger partial charge in [-0.15, -0.1) is 0 Å². The molecule has 3 heterocycles. The lowest BCUT2D eigenvalue weighted by molar-refractivity contribution is 0.0711. The number of hydrogen-bond donors (Lipinski definition) is 1. The van der Waals surface area contributed by atoms with Gasteiger partial charge in [-0.2, -0.15) is 0 Å². The Morgan fingerprint density at radius 2 is 1.68 bits per heavy atom. The van der Waals surface area contributed by atoms with Crippen LogP contribution < -0.4 is 9.62 Å². The summed E-state index contributed by atoms with van der Waals surface area (Å²) in [5, 5.41) is 0. The second-order valence-electron chi connectivity index (χ2n) is 8.06. The third-order valence-electron chi connectivity index (χ3n) is 5.90. The second kappa shape index (κ2) is 9.32. The van der Waals surface area contributed by atoms with Gasteiger partial charge in [-0.1, -0.05) is 0 Å². The van der Waals surface area contributed by atoms with Crippen molar-refractivity contribution in [2.24, 2.45) is 0 Å². The van der Waals surface area contributed by atoms with E-state index in [-0.39, 0.29) is 16.8 Å². The highest BCUT2D eigenvalue weighted by Gasteiger charge is 2.29. The van der Waals surface area contributed by atoms with E-state index < -0.39 is 15.8 Å². The lowest BCUT2D eigenvalue weighted by Gasteiger charge is -2.34. The zero-order chi connectivity index (χ0) is 21.8. The molecule has 9 heteroatoms. The summed E-state index contributed by atoms with van der Waals surface area (Å²) in [7, 11) is -3.72. The number of nitrogens with one attached hydrogen (secondary N) is 1. The minimum atomic E-state index is -3.72. The maximum absolute atomic E-state index is 13.2. The van der Waals surface area contributed by atoms with Crippen molar-refractivity contribution in [2.75, 3.05) is 31.1 Å². The molecule has 0 spiro atoms. The molecule has 31 heavy (non-hydrogen) atoms. The van der Waals surface area contributed by atoms with Crippen LogP contribution in [0.1, 0.15) is 42.5 Å². The molecule has 7 nitrogen and oxygen atoms in total. The maximum Gasteiger partial charge on any atom is 0.257 e. The molecular formula is C22H27FN4O3S. The minimum Gasteiger partial charge on any atom is -0.356 e. The first-order chi connectivity index (χ1) is 14.9. The Kier molecular flexibility index (Phi) is 6.52. The predicted octanol–water partition coefficient (Wildman–Crippen LogP) is 2.79. The van der Waals surface area contributed by atoms with Gasteiger partial charge in [0.05, 0.1) is 10.5 Å². The van der Waals surface area contributed by atoms with Crippen molar-refractivity contribution < 1.29 is 17.6 Å². The number of halogens is 1. The molecule has 2 aliphatic heterocycles. The van der Waals surface area contributed by atoms with E-state index in [0.29, 0.717) is 31.5 Å². The van der Waals surface area contributed by atoms with Gasteiger partial charge >= 0.3 is 0 Å². The Labute approximate surface area is 182 Å². The van der Waals surface area contributed by atoms with E-state index in [4.69, 9.17) is 0 Å². The average Bonchev–Trinajstić information content (AvgIpc) is 2.80. The topological polar surface area (TPSA) is 82.6 Å². The lowest BCUT2D eigenvalue weighted by atomic mass is 10.0. The third-order valence-corrected chi connectivity index (χ3v) is 7.44. The fourth-order valence-corrected chi connectivity index (χ4v) is 5.50. The summed E-state index contributed by atoms with van der Waals surface area (Å²) in [5.41, 5.74) is 0.606. The summed E-state index contributed by atoms with van der Waals surface area (Å²) in [5.74, 6) is 0.199. The van der Waals surface area contributed by atoms with E-state index in [1.54, 1.807) is 17.2 Å². The van der Waals surface area contributed by atoms with Crippen molar-refractivity contribution in [1.29, 1.82) is 0 Å². The van der Waals surface area contributed by atoms with Gasteiger partial charge in [0.2, 0.25) is 10.0 Å². The molecule has 0 bridgehead atoms. The SMILES string of the molecule is O=C(c1cccnc1N1CCCCC1)N1CCC(NS(=O)(=O)c2ccc(F)cc2)CC1. The van der Waals surface area contributed by atoms with Gasteiger partial charge in [0.15, 0.2) is 0 Å². The number of benzene rings is 1. The summed E-state index contributed by atoms with van der Waals surface area (Å²) < 4.78 is 40.8. The summed E-state index contributed by atoms with van der Waals surface area (Å²) in [4.78, 5) is 21.7. The molecule has 0 unspecified atom stereocenters. The zero-order valence-corrected chi connectivity index (χ0v) is 18.2. The number of carbonyl (C=O) groups is 1. The number of sulfonamides is 1. The molecule has 2 fully saturated rings. The summed E-state index contributed by atoms with van der Waals surface area (Å²) in [6, 6.07) is 8.09. The van der Waals surface area contributed by atoms with Crippen molar-refractivity contribution in [3.63, 3.8) is 0 Å². The largest absolute Gasteiger partial charge is 0.356 e. The van der Waals surface area contributed by atoms with Gasteiger partial charge in [-0.25, -0.2) is 22.5 Å². The average molecular weight is 447 g/mol. The number of hydrogen-bond acceptors (Lipinski definition) is 5. The monoisotopic (exact) mass is 446 g/mol. The van der Waals surface area contributed by atoms with Gasteiger partial charge in [-0.3, -0.25) is 4.79 Å². The molecule has 1 aromatic carbocycles. The number of nitrogens with zero attached hydrogens (tertiary/aromatic N) is 3. The van der Waals surface area contributed by atoms with Crippen molar-refractivity contribution in [2.45, 2.75) is 43.0 Å². The van der Waals surface area contributed by atoms with E-state index in [1.165, 1.54) is 18.6 Å². The molecule has 0 atom stereocenters. The Bertz CT molecular complexity index is 1020. The lowest BCUT2D eigenvalue weighted by Crippen LogP contribution is -2.46. The normalized spacial score (nSPS) is 18.2. The Balaban J connectivity index is 1.39. The Hall–Kier alpha value is -2.52. The van der Waals surface area contributed by atoms with Crippen LogP contribution in [0.2, 0.25) is 0 Å². The van der Waals surface area contributed by atoms with Gasteiger partial charge in [0.1, 0.15) is 11.6 Å². The molecular weight excluding hydrogens is 419 g/mol. The van der Waals surface area contributed by atoms with E-state index in [0.717, 1.165) is 43.9 Å². The van der Waals surface area contributed by atoms with Crippen LogP contribution >= 0.6 is 0 Å². The molecule has 2 aromatic rings. The number of pyridine rings is 1. The predicted molar refractivity (Wildman–Crippen MR) is 116 cm³/mol. The summed E-state index contributed by atoms with van der Waals surface area (Å²) in [6.07, 6.45) is 6.16. The van der Waals surface area contributed by atoms with Crippen LogP contribution in [0.5, 0.6) is 0 Å². The zero-order valence-electron chi connectivity index (χ0n) is 17.3. The van der Waals surface area contributed by atoms with Crippen molar-refractivity contribution in [3.05, 3.63) is 54.0 Å². The highest BCUT2D eigenvalue weighted by atomic mass is 32.2. The van der Waals surface area contributed by atoms with Crippen LogP contribution in [0.4, 0.5) is 10.2 Å². The van der Waals surface area contributed by atoms with Crippen LogP contribution in [0.3, 0.4) is 0 Å². The first-order valence-electron chi connectivity index (χ1n) is 10.7. The Morgan fingerprint density at radius 1 is 1.00 bits per heavy atom. The van der Waals surface area contributed by atoms with Crippen LogP contribution in [0, 0.1) is 5.82 Å². The van der Waals surface area contributed by atoms with E-state index in [2.05, 4.69) is 14.6 Å². The van der Waals surface area contributed by atoms with Crippen molar-refractivity contribution >= 4 is 21.7 Å². The van der Waals surface area contributed by atoms with Crippen LogP contribution in [0.25, 0.3) is 0 Å². The van der Waals surface area contributed by atoms with E-state index in [1.807, 2.05) is 6.07 Å². The molecule has 4 rings (SSSR count). The smallest absolute Gasteiger partial charge is 0.257 e. The fraction of sp³-hybridized carbons (Fsp3) is 0.455. The van der Waals surface area contributed by atoms with Gasteiger partial charge < -0.3 is 9.80 Å². The van der Waals surface area contributed by atoms with Crippen molar-refractivity contribution in [1.82, 2.24) is 14.6 Å². The molecule has 0 aliphatic carbocycles. The number of likely N-dealkylation sites (tertiary alicyclic amines) is 1. The molecule has 1 aromatic heterocycles. The van der Waals surface area contributed by atoms with Crippen LogP contribution in [-0.4, -0.2) is 56.4 Å². The number of rotatable bonds is 5. The fourth-order valence-electron chi connectivity index (χ4n) is 4.19. The first kappa shape index (κ1) is 21.7. The molecule has 1 amide bonds. The van der Waals surface area contributed by atoms with Gasteiger partial charge in [0.25, 0.3) is 5.91 Å². The summed E-state index contributed by atoms with van der Waals surface area (Å²) >= 11 is 0. The molecule has 0 saturated carbocycles. The van der Waals surface area contributed by atoms with E-state index in [9.17, 15) is 17.6 Å². The standard InChI is InChI=1S/C22H27FN4O3S/c23-17-6-8-19(9-7-17)31(29,30)25-18-10-15-27(16-11-18)22(28)20-5-4-12-24-21(20)26-13-2-1-3-14-26/h4-9,12,18,25H,1-3,10-11,13-16H2. The molecule has 2 saturated heterocycles. The molecule has 2 aliphatic rings. The second-order valence-corrected chi connectivity index (χ2v) is 9.78. The number of amides is 1. The van der Waals surface area contributed by atoms with Crippen molar-refractivity contribution in [3.8, 4) is 0 Å². The van der Waals surface area contributed by atoms with Crippen LogP contribution in [-0.2, 0) is 10.0 Å². The number of aromatic nitrogens is 1. The Morgan fingerprint density at radius 3 is 2.35 bits per heavy atom. The third kappa shape index (κ3) is 5.04. The molecule has 1 N–H and O–H groups in total. The van der Waals surface area contributed by atoms with Gasteiger partial charge in [-0.05, 0) is 68.5 Å². The minimum absolute atomic E-state index is 0.0361. The molecule has 166 valence electrons. The number of piperidine rings is 2. The van der Waals surface area contributed by atoms with Gasteiger partial charge in [0, 0.05) is 38.4 Å². The first-order valence-corrected chi connectivity index (χ1v) is 12.2. The molecule has 0 radical (unpaired) electrons. The van der Waals surface area contributed by atoms with Crippen LogP contribution in [0.15, 0.2) is 47.5 Å². The number of anilines is 1. The maximum atomic E-state index is 13.2. The highest BCUT2D eigenvalue weighted by molar-refractivity contribution is 7.89. The highest BCUT2D eigenvalue weighted by Crippen LogP contribution is 2.24. The quantitative estimate of drug-likeness (QED) is 0.764. The number of carbonyl (C=O) groups excluding carboxylic acids is 1.